The number of nitrogens with one attached hydrogen (secondary N) is 1. The number of aromatic nitrogens is 1. The predicted molar refractivity (Wildman–Crippen MR) is 98.8 cm³/mol. The Hall–Kier alpha value is -2.96. The van der Waals surface area contributed by atoms with E-state index in [9.17, 15) is 13.2 Å². The van der Waals surface area contributed by atoms with Crippen LogP contribution in [0.5, 0.6) is 11.5 Å². The van der Waals surface area contributed by atoms with Crippen molar-refractivity contribution in [3.05, 3.63) is 54.2 Å². The Balaban J connectivity index is 2.03. The topological polar surface area (TPSA) is 43.4 Å². The van der Waals surface area contributed by atoms with E-state index in [1.807, 2.05) is 13.8 Å². The molecule has 4 nitrogen and oxygen atoms in total. The molecular weight excluding hydrogens is 357 g/mol. The van der Waals surface area contributed by atoms with Crippen molar-refractivity contribution < 1.29 is 22.6 Å². The maximum Gasteiger partial charge on any atom is 0.416 e. The number of hydrogen-bond acceptors (Lipinski definition) is 4. The summed E-state index contributed by atoms with van der Waals surface area (Å²) in [6.07, 6.45) is -2.80. The molecule has 7 heteroatoms. The standard InChI is InChI=1S/C20H19F3N2O2/c1-3-26-18-11-15-16(8-9-24-17(15)12-19(18)27-4-2)25-14-7-5-6-13(10-14)20(21,22)23/h5-12H,3-4H2,1-2H3,(H,24,25). The van der Waals surface area contributed by atoms with Gasteiger partial charge in [0.2, 0.25) is 0 Å². The Labute approximate surface area is 154 Å². The second kappa shape index (κ2) is 7.73. The van der Waals surface area contributed by atoms with E-state index in [-0.39, 0.29) is 0 Å². The summed E-state index contributed by atoms with van der Waals surface area (Å²) in [6.45, 7) is 4.68. The molecule has 0 spiro atoms. The number of hydrogen-bond donors (Lipinski definition) is 1. The first kappa shape index (κ1) is 18.8. The molecule has 27 heavy (non-hydrogen) atoms. The Morgan fingerprint density at radius 3 is 2.33 bits per heavy atom. The van der Waals surface area contributed by atoms with Gasteiger partial charge in [-0.3, -0.25) is 4.98 Å². The molecule has 1 aromatic heterocycles. The molecule has 0 saturated heterocycles. The lowest BCUT2D eigenvalue weighted by molar-refractivity contribution is -0.137. The van der Waals surface area contributed by atoms with Crippen LogP contribution >= 0.6 is 0 Å². The van der Waals surface area contributed by atoms with Gasteiger partial charge in [0.1, 0.15) is 0 Å². The van der Waals surface area contributed by atoms with Gasteiger partial charge in [-0.25, -0.2) is 0 Å². The molecule has 0 amide bonds. The first-order chi connectivity index (χ1) is 12.9. The van der Waals surface area contributed by atoms with Crippen LogP contribution in [0.15, 0.2) is 48.7 Å². The lowest BCUT2D eigenvalue weighted by Crippen LogP contribution is -2.05. The van der Waals surface area contributed by atoms with Gasteiger partial charge in [-0.15, -0.1) is 0 Å². The number of benzene rings is 2. The average molecular weight is 376 g/mol. The van der Waals surface area contributed by atoms with Gasteiger partial charge in [0.15, 0.2) is 11.5 Å². The molecule has 1 heterocycles. The van der Waals surface area contributed by atoms with E-state index in [1.54, 1.807) is 30.5 Å². The molecule has 1 N–H and O–H groups in total. The molecule has 0 fully saturated rings. The first-order valence-electron chi connectivity index (χ1n) is 8.55. The van der Waals surface area contributed by atoms with Crippen LogP contribution in [0.2, 0.25) is 0 Å². The number of rotatable bonds is 6. The summed E-state index contributed by atoms with van der Waals surface area (Å²) in [7, 11) is 0. The third kappa shape index (κ3) is 4.24. The van der Waals surface area contributed by atoms with Crippen LogP contribution < -0.4 is 14.8 Å². The van der Waals surface area contributed by atoms with Crippen molar-refractivity contribution in [1.82, 2.24) is 4.98 Å². The van der Waals surface area contributed by atoms with Crippen LogP contribution in [0, 0.1) is 0 Å². The first-order valence-corrected chi connectivity index (χ1v) is 8.55. The molecule has 0 radical (unpaired) electrons. The average Bonchev–Trinajstić information content (AvgIpc) is 2.63. The lowest BCUT2D eigenvalue weighted by Gasteiger charge is -2.15. The summed E-state index contributed by atoms with van der Waals surface area (Å²) in [5, 5.41) is 3.77. The highest BCUT2D eigenvalue weighted by molar-refractivity contribution is 5.95. The quantitative estimate of drug-likeness (QED) is 0.591. The zero-order chi connectivity index (χ0) is 19.4. The number of nitrogens with zero attached hydrogens (tertiary/aromatic N) is 1. The molecule has 0 atom stereocenters. The maximum absolute atomic E-state index is 12.9. The number of anilines is 2. The highest BCUT2D eigenvalue weighted by Gasteiger charge is 2.30. The third-order valence-electron chi connectivity index (χ3n) is 3.88. The molecule has 2 aromatic carbocycles. The number of alkyl halides is 3. The van der Waals surface area contributed by atoms with Gasteiger partial charge in [0, 0.05) is 29.0 Å². The number of halogens is 3. The Kier molecular flexibility index (Phi) is 5.39. The van der Waals surface area contributed by atoms with Crippen LogP contribution in [-0.2, 0) is 6.18 Å². The normalized spacial score (nSPS) is 11.4. The Bertz CT molecular complexity index is 942. The van der Waals surface area contributed by atoms with Crippen LogP contribution in [0.25, 0.3) is 10.9 Å². The van der Waals surface area contributed by atoms with Crippen molar-refractivity contribution in [3.8, 4) is 11.5 Å². The number of fused-ring (bicyclic) bond motifs is 1. The smallest absolute Gasteiger partial charge is 0.416 e. The fourth-order valence-electron chi connectivity index (χ4n) is 2.73. The Morgan fingerprint density at radius 1 is 0.963 bits per heavy atom. The van der Waals surface area contributed by atoms with E-state index in [1.165, 1.54) is 6.07 Å². The van der Waals surface area contributed by atoms with Gasteiger partial charge in [0.05, 0.1) is 24.3 Å². The van der Waals surface area contributed by atoms with Crippen molar-refractivity contribution in [2.24, 2.45) is 0 Å². The fourth-order valence-corrected chi connectivity index (χ4v) is 2.73. The summed E-state index contributed by atoms with van der Waals surface area (Å²) >= 11 is 0. The highest BCUT2D eigenvalue weighted by Crippen LogP contribution is 2.36. The minimum Gasteiger partial charge on any atom is -0.490 e. The molecule has 0 aliphatic rings. The molecule has 0 unspecified atom stereocenters. The van der Waals surface area contributed by atoms with E-state index in [2.05, 4.69) is 10.3 Å². The zero-order valence-corrected chi connectivity index (χ0v) is 14.9. The van der Waals surface area contributed by atoms with Crippen LogP contribution in [0.4, 0.5) is 24.5 Å². The minimum absolute atomic E-state index is 0.337. The predicted octanol–water partition coefficient (Wildman–Crippen LogP) is 5.79. The molecular formula is C20H19F3N2O2. The molecule has 3 aromatic rings. The van der Waals surface area contributed by atoms with Gasteiger partial charge in [-0.2, -0.15) is 13.2 Å². The van der Waals surface area contributed by atoms with E-state index in [0.29, 0.717) is 41.6 Å². The van der Waals surface area contributed by atoms with Gasteiger partial charge >= 0.3 is 6.18 Å². The van der Waals surface area contributed by atoms with Crippen LogP contribution in [-0.4, -0.2) is 18.2 Å². The monoisotopic (exact) mass is 376 g/mol. The summed E-state index contributed by atoms with van der Waals surface area (Å²) in [6, 6.07) is 10.3. The SMILES string of the molecule is CCOc1cc2nccc(Nc3cccc(C(F)(F)F)c3)c2cc1OCC. The minimum atomic E-state index is -4.40. The maximum atomic E-state index is 12.9. The van der Waals surface area contributed by atoms with Crippen LogP contribution in [0.1, 0.15) is 19.4 Å². The summed E-state index contributed by atoms with van der Waals surface area (Å²) < 4.78 is 50.1. The number of ether oxygens (including phenoxy) is 2. The van der Waals surface area contributed by atoms with Gasteiger partial charge < -0.3 is 14.8 Å². The molecule has 0 bridgehead atoms. The second-order valence-corrected chi connectivity index (χ2v) is 5.74. The fraction of sp³-hybridized carbons (Fsp3) is 0.250. The van der Waals surface area contributed by atoms with E-state index in [0.717, 1.165) is 17.5 Å². The van der Waals surface area contributed by atoms with Gasteiger partial charge in [-0.05, 0) is 44.2 Å². The molecule has 0 saturated carbocycles. The van der Waals surface area contributed by atoms with E-state index < -0.39 is 11.7 Å². The number of pyridine rings is 1. The lowest BCUT2D eigenvalue weighted by atomic mass is 10.1. The summed E-state index contributed by atoms with van der Waals surface area (Å²) in [4.78, 5) is 4.33. The van der Waals surface area contributed by atoms with Crippen molar-refractivity contribution in [2.75, 3.05) is 18.5 Å². The summed E-state index contributed by atoms with van der Waals surface area (Å²) in [5.41, 5.74) is 0.908. The molecule has 0 aliphatic carbocycles. The highest BCUT2D eigenvalue weighted by atomic mass is 19.4. The van der Waals surface area contributed by atoms with E-state index >= 15 is 0 Å². The molecule has 142 valence electrons. The van der Waals surface area contributed by atoms with E-state index in [4.69, 9.17) is 9.47 Å². The van der Waals surface area contributed by atoms with Gasteiger partial charge in [0.25, 0.3) is 0 Å². The molecule has 3 rings (SSSR count). The third-order valence-corrected chi connectivity index (χ3v) is 3.88. The van der Waals surface area contributed by atoms with Crippen molar-refractivity contribution in [2.45, 2.75) is 20.0 Å². The van der Waals surface area contributed by atoms with Crippen molar-refractivity contribution >= 4 is 22.3 Å². The van der Waals surface area contributed by atoms with Crippen molar-refractivity contribution in [1.29, 1.82) is 0 Å². The molecule has 0 aliphatic heterocycles. The Morgan fingerprint density at radius 2 is 1.67 bits per heavy atom. The zero-order valence-electron chi connectivity index (χ0n) is 14.9. The second-order valence-electron chi connectivity index (χ2n) is 5.74. The van der Waals surface area contributed by atoms with Crippen molar-refractivity contribution in [3.63, 3.8) is 0 Å². The largest absolute Gasteiger partial charge is 0.490 e. The van der Waals surface area contributed by atoms with Crippen LogP contribution in [0.3, 0.4) is 0 Å². The summed E-state index contributed by atoms with van der Waals surface area (Å²) in [5.74, 6) is 1.14. The van der Waals surface area contributed by atoms with Gasteiger partial charge in [-0.1, -0.05) is 6.07 Å².